The lowest BCUT2D eigenvalue weighted by atomic mass is 10.2. The summed E-state index contributed by atoms with van der Waals surface area (Å²) in [5.74, 6) is -1.03. The summed E-state index contributed by atoms with van der Waals surface area (Å²) in [6, 6.07) is 1.07. The van der Waals surface area contributed by atoms with Gasteiger partial charge in [0.25, 0.3) is 6.43 Å². The maximum atomic E-state index is 12.7. The molecule has 0 bridgehead atoms. The molecule has 0 saturated carbocycles. The van der Waals surface area contributed by atoms with Crippen molar-refractivity contribution < 1.29 is 23.0 Å². The van der Waals surface area contributed by atoms with E-state index in [2.05, 4.69) is 9.72 Å². The highest BCUT2D eigenvalue weighted by molar-refractivity contribution is 5.92. The quantitative estimate of drug-likeness (QED) is 0.820. The molecule has 1 rings (SSSR count). The average molecular weight is 246 g/mol. The third kappa shape index (κ3) is 2.80. The Morgan fingerprint density at radius 3 is 2.71 bits per heavy atom. The molecule has 0 aliphatic carbocycles. The summed E-state index contributed by atoms with van der Waals surface area (Å²) in [4.78, 5) is 14.9. The number of nitrogens with two attached hydrogens (primary N) is 1. The Morgan fingerprint density at radius 1 is 1.59 bits per heavy atom. The highest BCUT2D eigenvalue weighted by Crippen LogP contribution is 2.28. The normalized spacial score (nSPS) is 10.4. The summed E-state index contributed by atoms with van der Waals surface area (Å²) in [5, 5.41) is 0. The molecule has 0 aliphatic rings. The molecule has 7 heteroatoms. The van der Waals surface area contributed by atoms with Crippen molar-refractivity contribution in [2.45, 2.75) is 13.3 Å². The van der Waals surface area contributed by atoms with Crippen molar-refractivity contribution in [3.8, 4) is 5.88 Å². The Morgan fingerprint density at radius 2 is 2.24 bits per heavy atom. The lowest BCUT2D eigenvalue weighted by molar-refractivity contribution is 0.0513. The lowest BCUT2D eigenvalue weighted by Crippen LogP contribution is -2.12. The van der Waals surface area contributed by atoms with Gasteiger partial charge in [-0.2, -0.15) is 0 Å². The summed E-state index contributed by atoms with van der Waals surface area (Å²) >= 11 is 0. The van der Waals surface area contributed by atoms with E-state index in [1.54, 1.807) is 6.92 Å². The van der Waals surface area contributed by atoms with Crippen LogP contribution in [0.5, 0.6) is 5.88 Å². The van der Waals surface area contributed by atoms with E-state index < -0.39 is 18.1 Å². The minimum Gasteiger partial charge on any atom is -0.480 e. The van der Waals surface area contributed by atoms with Gasteiger partial charge in [-0.25, -0.2) is 18.6 Å². The molecule has 17 heavy (non-hydrogen) atoms. The average Bonchev–Trinajstić information content (AvgIpc) is 2.28. The fourth-order valence-electron chi connectivity index (χ4n) is 1.23. The van der Waals surface area contributed by atoms with E-state index in [9.17, 15) is 13.6 Å². The van der Waals surface area contributed by atoms with E-state index >= 15 is 0 Å². The van der Waals surface area contributed by atoms with Gasteiger partial charge in [0.1, 0.15) is 5.69 Å². The number of anilines is 1. The molecule has 0 atom stereocenters. The molecule has 1 aromatic heterocycles. The van der Waals surface area contributed by atoms with Gasteiger partial charge >= 0.3 is 5.97 Å². The molecule has 0 spiro atoms. The number of aromatic nitrogens is 1. The van der Waals surface area contributed by atoms with Gasteiger partial charge in [-0.05, 0) is 13.0 Å². The van der Waals surface area contributed by atoms with Crippen LogP contribution in [0.1, 0.15) is 29.4 Å². The van der Waals surface area contributed by atoms with Crippen molar-refractivity contribution in [3.63, 3.8) is 0 Å². The summed E-state index contributed by atoms with van der Waals surface area (Å²) < 4.78 is 34.8. The van der Waals surface area contributed by atoms with E-state index in [0.717, 1.165) is 6.07 Å². The van der Waals surface area contributed by atoms with Crippen LogP contribution in [0.15, 0.2) is 6.07 Å². The van der Waals surface area contributed by atoms with Crippen molar-refractivity contribution in [2.75, 3.05) is 19.5 Å². The maximum absolute atomic E-state index is 12.7. The Kier molecular flexibility index (Phi) is 4.19. The Labute approximate surface area is 96.5 Å². The fraction of sp³-hybridized carbons (Fsp3) is 0.400. The first kappa shape index (κ1) is 13.1. The first-order chi connectivity index (χ1) is 8.01. The van der Waals surface area contributed by atoms with E-state index in [4.69, 9.17) is 10.5 Å². The molecular weight excluding hydrogens is 234 g/mol. The Balaban J connectivity index is 3.27. The Hall–Kier alpha value is -1.92. The molecule has 5 nitrogen and oxygen atoms in total. The van der Waals surface area contributed by atoms with Crippen LogP contribution in [-0.2, 0) is 4.74 Å². The molecule has 94 valence electrons. The Bertz CT molecular complexity index is 424. The first-order valence-corrected chi connectivity index (χ1v) is 4.80. The highest BCUT2D eigenvalue weighted by Gasteiger charge is 2.23. The largest absolute Gasteiger partial charge is 0.480 e. The number of carbonyl (C=O) groups is 1. The maximum Gasteiger partial charge on any atom is 0.340 e. The molecule has 0 amide bonds. The highest BCUT2D eigenvalue weighted by atomic mass is 19.3. The number of esters is 1. The first-order valence-electron chi connectivity index (χ1n) is 4.80. The second kappa shape index (κ2) is 5.42. The van der Waals surface area contributed by atoms with E-state index in [1.807, 2.05) is 0 Å². The van der Waals surface area contributed by atoms with Crippen molar-refractivity contribution in [1.29, 1.82) is 0 Å². The smallest absolute Gasteiger partial charge is 0.340 e. The van der Waals surface area contributed by atoms with Gasteiger partial charge in [0.15, 0.2) is 0 Å². The zero-order chi connectivity index (χ0) is 13.0. The SMILES string of the molecule is CCOC(=O)c1cc(N)c(OC)nc1C(F)F. The number of hydrogen-bond donors (Lipinski definition) is 1. The second-order valence-electron chi connectivity index (χ2n) is 3.04. The number of methoxy groups -OCH3 is 1. The van der Waals surface area contributed by atoms with Crippen molar-refractivity contribution in [3.05, 3.63) is 17.3 Å². The minimum absolute atomic E-state index is 0.0000435. The molecule has 2 N–H and O–H groups in total. The molecule has 1 aromatic rings. The molecule has 0 radical (unpaired) electrons. The van der Waals surface area contributed by atoms with Gasteiger partial charge < -0.3 is 15.2 Å². The lowest BCUT2D eigenvalue weighted by Gasteiger charge is -2.11. The molecular formula is C10H12F2N2O3. The second-order valence-corrected chi connectivity index (χ2v) is 3.04. The summed E-state index contributed by atoms with van der Waals surface area (Å²) in [6.45, 7) is 1.65. The van der Waals surface area contributed by atoms with Crippen LogP contribution in [0.4, 0.5) is 14.5 Å². The zero-order valence-corrected chi connectivity index (χ0v) is 9.37. The predicted octanol–water partition coefficient (Wildman–Crippen LogP) is 1.79. The topological polar surface area (TPSA) is 74.4 Å². The van der Waals surface area contributed by atoms with Gasteiger partial charge in [0.05, 0.1) is 25.0 Å². The monoisotopic (exact) mass is 246 g/mol. The van der Waals surface area contributed by atoms with Crippen molar-refractivity contribution in [2.24, 2.45) is 0 Å². The number of halogens is 2. The molecule has 1 heterocycles. The van der Waals surface area contributed by atoms with E-state index in [0.29, 0.717) is 0 Å². The molecule has 0 unspecified atom stereocenters. The van der Waals surface area contributed by atoms with Crippen LogP contribution in [0.25, 0.3) is 0 Å². The van der Waals surface area contributed by atoms with Gasteiger partial charge in [0, 0.05) is 0 Å². The van der Waals surface area contributed by atoms with Crippen LogP contribution in [0.2, 0.25) is 0 Å². The summed E-state index contributed by atoms with van der Waals surface area (Å²) in [7, 11) is 1.25. The molecule has 0 saturated heterocycles. The molecule has 0 fully saturated rings. The summed E-state index contributed by atoms with van der Waals surface area (Å²) in [5.41, 5.74) is 4.45. The van der Waals surface area contributed by atoms with Crippen molar-refractivity contribution >= 4 is 11.7 Å². The zero-order valence-electron chi connectivity index (χ0n) is 9.37. The summed E-state index contributed by atoms with van der Waals surface area (Å²) in [6.07, 6.45) is -2.91. The van der Waals surface area contributed by atoms with Crippen LogP contribution >= 0.6 is 0 Å². The van der Waals surface area contributed by atoms with Crippen LogP contribution in [0, 0.1) is 0 Å². The van der Waals surface area contributed by atoms with Gasteiger partial charge in [-0.15, -0.1) is 0 Å². The van der Waals surface area contributed by atoms with Gasteiger partial charge in [-0.1, -0.05) is 0 Å². The number of carbonyl (C=O) groups excluding carboxylic acids is 1. The number of rotatable bonds is 4. The molecule has 0 aromatic carbocycles. The fourth-order valence-corrected chi connectivity index (χ4v) is 1.23. The van der Waals surface area contributed by atoms with Gasteiger partial charge in [-0.3, -0.25) is 0 Å². The minimum atomic E-state index is -2.91. The standard InChI is InChI=1S/C10H12F2N2O3/c1-3-17-10(15)5-4-6(13)9(16-2)14-7(5)8(11)12/h4,8H,3,13H2,1-2H3. The van der Waals surface area contributed by atoms with Gasteiger partial charge in [0.2, 0.25) is 5.88 Å². The molecule has 0 aliphatic heterocycles. The number of hydrogen-bond acceptors (Lipinski definition) is 5. The van der Waals surface area contributed by atoms with Crippen LogP contribution < -0.4 is 10.5 Å². The predicted molar refractivity (Wildman–Crippen MR) is 56.1 cm³/mol. The third-order valence-corrected chi connectivity index (χ3v) is 1.94. The number of nitrogens with zero attached hydrogens (tertiary/aromatic N) is 1. The van der Waals surface area contributed by atoms with Crippen LogP contribution in [-0.4, -0.2) is 24.7 Å². The third-order valence-electron chi connectivity index (χ3n) is 1.94. The number of nitrogen functional groups attached to an aromatic ring is 1. The van der Waals surface area contributed by atoms with E-state index in [-0.39, 0.29) is 23.7 Å². The number of ether oxygens (including phenoxy) is 2. The number of alkyl halides is 2. The van der Waals surface area contributed by atoms with E-state index in [1.165, 1.54) is 7.11 Å². The van der Waals surface area contributed by atoms with Crippen LogP contribution in [0.3, 0.4) is 0 Å². The van der Waals surface area contributed by atoms with Crippen molar-refractivity contribution in [1.82, 2.24) is 4.98 Å². The number of pyridine rings is 1.